The van der Waals surface area contributed by atoms with E-state index in [1.807, 2.05) is 19.1 Å². The molecule has 1 amide bonds. The van der Waals surface area contributed by atoms with Crippen LogP contribution in [-0.2, 0) is 0 Å². The van der Waals surface area contributed by atoms with Crippen LogP contribution in [-0.4, -0.2) is 29.9 Å². The molecule has 1 aliphatic rings. The second-order valence-corrected chi connectivity index (χ2v) is 5.38. The number of furan rings is 1. The molecule has 0 saturated carbocycles. The maximum absolute atomic E-state index is 12.3. The van der Waals surface area contributed by atoms with E-state index in [9.17, 15) is 4.79 Å². The van der Waals surface area contributed by atoms with Crippen molar-refractivity contribution < 1.29 is 9.21 Å². The monoisotopic (exact) mass is 258 g/mol. The summed E-state index contributed by atoms with van der Waals surface area (Å²) in [5.74, 6) is 0.355. The predicted octanol–water partition coefficient (Wildman–Crippen LogP) is 2.22. The first-order chi connectivity index (χ1) is 9.04. The first kappa shape index (κ1) is 12.2. The van der Waals surface area contributed by atoms with Crippen LogP contribution < -0.4 is 5.73 Å². The molecule has 1 fully saturated rings. The van der Waals surface area contributed by atoms with Gasteiger partial charge in [0.2, 0.25) is 0 Å². The average molecular weight is 258 g/mol. The van der Waals surface area contributed by atoms with Gasteiger partial charge in [-0.1, -0.05) is 0 Å². The van der Waals surface area contributed by atoms with Crippen LogP contribution in [0.25, 0.3) is 11.0 Å². The lowest BCUT2D eigenvalue weighted by molar-refractivity contribution is 0.0761. The minimum Gasteiger partial charge on any atom is -0.451 e. The molecule has 0 radical (unpaired) electrons. The van der Waals surface area contributed by atoms with Crippen molar-refractivity contribution in [3.63, 3.8) is 0 Å². The van der Waals surface area contributed by atoms with Gasteiger partial charge in [-0.25, -0.2) is 0 Å². The summed E-state index contributed by atoms with van der Waals surface area (Å²) in [4.78, 5) is 14.1. The Morgan fingerprint density at radius 1 is 1.32 bits per heavy atom. The van der Waals surface area contributed by atoms with Gasteiger partial charge in [-0.15, -0.1) is 0 Å². The van der Waals surface area contributed by atoms with E-state index in [1.54, 1.807) is 4.90 Å². The molecule has 1 aromatic heterocycles. The van der Waals surface area contributed by atoms with Crippen LogP contribution in [0.5, 0.6) is 0 Å². The second-order valence-electron chi connectivity index (χ2n) is 5.38. The molecule has 4 heteroatoms. The van der Waals surface area contributed by atoms with E-state index in [0.717, 1.165) is 23.9 Å². The molecule has 1 atom stereocenters. The summed E-state index contributed by atoms with van der Waals surface area (Å²) < 4.78 is 5.68. The Bertz CT molecular complexity index is 606. The van der Waals surface area contributed by atoms with Gasteiger partial charge in [0.1, 0.15) is 5.58 Å². The Morgan fingerprint density at radius 2 is 2.05 bits per heavy atom. The topological polar surface area (TPSA) is 59.5 Å². The van der Waals surface area contributed by atoms with Gasteiger partial charge in [0.05, 0.1) is 0 Å². The number of carbonyl (C=O) groups is 1. The number of fused-ring (bicyclic) bond motifs is 1. The van der Waals surface area contributed by atoms with Gasteiger partial charge < -0.3 is 15.1 Å². The highest BCUT2D eigenvalue weighted by atomic mass is 16.3. The molecule has 2 N–H and O–H groups in total. The highest BCUT2D eigenvalue weighted by Gasteiger charge is 2.26. The molecule has 1 aliphatic heterocycles. The van der Waals surface area contributed by atoms with Gasteiger partial charge in [-0.05, 0) is 49.6 Å². The minimum atomic E-state index is -0.0561. The molecule has 1 unspecified atom stereocenters. The molecule has 100 valence electrons. The smallest absolute Gasteiger partial charge is 0.289 e. The Morgan fingerprint density at radius 3 is 2.74 bits per heavy atom. The first-order valence-corrected chi connectivity index (χ1v) is 6.60. The number of rotatable bonds is 1. The van der Waals surface area contributed by atoms with Crippen molar-refractivity contribution in [3.05, 3.63) is 35.1 Å². The highest BCUT2D eigenvalue weighted by Crippen LogP contribution is 2.24. The van der Waals surface area contributed by atoms with E-state index < -0.39 is 0 Å². The number of hydrogen-bond acceptors (Lipinski definition) is 3. The van der Waals surface area contributed by atoms with Gasteiger partial charge in [0, 0.05) is 24.5 Å². The van der Waals surface area contributed by atoms with E-state index >= 15 is 0 Å². The molecule has 2 heterocycles. The lowest BCUT2D eigenvalue weighted by atomic mass is 10.1. The molecule has 1 aromatic carbocycles. The maximum atomic E-state index is 12.3. The number of carbonyl (C=O) groups excluding carboxylic acids is 1. The summed E-state index contributed by atoms with van der Waals surface area (Å²) in [7, 11) is 0. The van der Waals surface area contributed by atoms with Crippen molar-refractivity contribution in [1.29, 1.82) is 0 Å². The van der Waals surface area contributed by atoms with Gasteiger partial charge in [0.15, 0.2) is 5.76 Å². The number of benzene rings is 1. The van der Waals surface area contributed by atoms with Crippen molar-refractivity contribution in [1.82, 2.24) is 4.90 Å². The zero-order valence-corrected chi connectivity index (χ0v) is 11.3. The standard InChI is InChI=1S/C15H18N2O2/c1-9-5-11-7-14(19-13(11)6-10(9)2)15(18)17-4-3-12(16)8-17/h5-7,12H,3-4,8,16H2,1-2H3. The molecule has 0 bridgehead atoms. The number of nitrogens with two attached hydrogens (primary N) is 1. The van der Waals surface area contributed by atoms with Crippen molar-refractivity contribution in [3.8, 4) is 0 Å². The summed E-state index contributed by atoms with van der Waals surface area (Å²) in [6.07, 6.45) is 0.865. The fraction of sp³-hybridized carbons (Fsp3) is 0.400. The van der Waals surface area contributed by atoms with E-state index in [4.69, 9.17) is 10.2 Å². The number of nitrogens with zero attached hydrogens (tertiary/aromatic N) is 1. The quantitative estimate of drug-likeness (QED) is 0.853. The molecular formula is C15H18N2O2. The van der Waals surface area contributed by atoms with Crippen LogP contribution in [0.4, 0.5) is 0 Å². The average Bonchev–Trinajstić information content (AvgIpc) is 2.95. The normalized spacial score (nSPS) is 19.3. The number of amides is 1. The van der Waals surface area contributed by atoms with Crippen LogP contribution in [0.15, 0.2) is 22.6 Å². The zero-order chi connectivity index (χ0) is 13.6. The molecule has 0 spiro atoms. The molecule has 19 heavy (non-hydrogen) atoms. The summed E-state index contributed by atoms with van der Waals surface area (Å²) in [5.41, 5.74) is 8.98. The Kier molecular flexibility index (Phi) is 2.82. The third kappa shape index (κ3) is 2.12. The van der Waals surface area contributed by atoms with Gasteiger partial charge in [-0.3, -0.25) is 4.79 Å². The van der Waals surface area contributed by atoms with Crippen LogP contribution in [0.3, 0.4) is 0 Å². The summed E-state index contributed by atoms with van der Waals surface area (Å²) in [6, 6.07) is 5.96. The molecule has 4 nitrogen and oxygen atoms in total. The fourth-order valence-electron chi connectivity index (χ4n) is 2.54. The van der Waals surface area contributed by atoms with Crippen LogP contribution in [0.1, 0.15) is 28.1 Å². The Balaban J connectivity index is 1.95. The molecule has 1 saturated heterocycles. The Hall–Kier alpha value is -1.81. The minimum absolute atomic E-state index is 0.0561. The van der Waals surface area contributed by atoms with Crippen molar-refractivity contribution in [2.75, 3.05) is 13.1 Å². The molecule has 2 aromatic rings. The van der Waals surface area contributed by atoms with E-state index in [2.05, 4.69) is 13.0 Å². The van der Waals surface area contributed by atoms with Crippen molar-refractivity contribution in [2.24, 2.45) is 5.73 Å². The number of aryl methyl sites for hydroxylation is 2. The highest BCUT2D eigenvalue weighted by molar-refractivity contribution is 5.96. The van der Waals surface area contributed by atoms with Crippen LogP contribution >= 0.6 is 0 Å². The van der Waals surface area contributed by atoms with Gasteiger partial charge in [-0.2, -0.15) is 0 Å². The van der Waals surface area contributed by atoms with Crippen molar-refractivity contribution in [2.45, 2.75) is 26.3 Å². The van der Waals surface area contributed by atoms with Crippen LogP contribution in [0, 0.1) is 13.8 Å². The van der Waals surface area contributed by atoms with E-state index in [-0.39, 0.29) is 11.9 Å². The Labute approximate surface area is 112 Å². The number of hydrogen-bond donors (Lipinski definition) is 1. The number of likely N-dealkylation sites (tertiary alicyclic amines) is 1. The molecule has 0 aliphatic carbocycles. The SMILES string of the molecule is Cc1cc2cc(C(=O)N3CCC(N)C3)oc2cc1C. The van der Waals surface area contributed by atoms with Crippen LogP contribution in [0.2, 0.25) is 0 Å². The van der Waals surface area contributed by atoms with Gasteiger partial charge in [0.25, 0.3) is 5.91 Å². The third-order valence-corrected chi connectivity index (χ3v) is 3.86. The molecule has 3 rings (SSSR count). The first-order valence-electron chi connectivity index (χ1n) is 6.60. The largest absolute Gasteiger partial charge is 0.451 e. The molecular weight excluding hydrogens is 240 g/mol. The summed E-state index contributed by atoms with van der Waals surface area (Å²) >= 11 is 0. The van der Waals surface area contributed by atoms with E-state index in [0.29, 0.717) is 12.3 Å². The maximum Gasteiger partial charge on any atom is 0.289 e. The lowest BCUT2D eigenvalue weighted by Crippen LogP contribution is -2.31. The zero-order valence-electron chi connectivity index (χ0n) is 11.3. The second kappa shape index (κ2) is 4.38. The third-order valence-electron chi connectivity index (χ3n) is 3.86. The van der Waals surface area contributed by atoms with Crippen molar-refractivity contribution >= 4 is 16.9 Å². The lowest BCUT2D eigenvalue weighted by Gasteiger charge is -2.13. The fourth-order valence-corrected chi connectivity index (χ4v) is 2.54. The van der Waals surface area contributed by atoms with Gasteiger partial charge >= 0.3 is 0 Å². The summed E-state index contributed by atoms with van der Waals surface area (Å²) in [6.45, 7) is 5.43. The summed E-state index contributed by atoms with van der Waals surface area (Å²) in [5, 5.41) is 0.981. The van der Waals surface area contributed by atoms with E-state index in [1.165, 1.54) is 11.1 Å². The predicted molar refractivity (Wildman–Crippen MR) is 74.2 cm³/mol.